The fourth-order valence-corrected chi connectivity index (χ4v) is 2.24. The minimum absolute atomic E-state index is 0.154. The van der Waals surface area contributed by atoms with E-state index < -0.39 is 23.5 Å². The lowest BCUT2D eigenvalue weighted by molar-refractivity contribution is -0.164. The van der Waals surface area contributed by atoms with Crippen LogP contribution >= 0.6 is 11.6 Å². The molecule has 7 heteroatoms. The van der Waals surface area contributed by atoms with Gasteiger partial charge >= 0.3 is 11.9 Å². The van der Waals surface area contributed by atoms with Crippen molar-refractivity contribution >= 4 is 34.4 Å². The zero-order valence-corrected chi connectivity index (χ0v) is 14.8. The molecule has 0 saturated heterocycles. The summed E-state index contributed by atoms with van der Waals surface area (Å²) >= 11 is 5.88. The highest BCUT2D eigenvalue weighted by molar-refractivity contribution is 6.30. The number of hydrogen-bond donors (Lipinski definition) is 0. The molecule has 1 unspecified atom stereocenters. The third-order valence-electron chi connectivity index (χ3n) is 3.02. The number of nitrogens with zero attached hydrogens (tertiary/aromatic N) is 2. The van der Waals surface area contributed by atoms with Crippen molar-refractivity contribution in [1.29, 1.82) is 0 Å². The second-order valence-corrected chi connectivity index (χ2v) is 6.54. The highest BCUT2D eigenvalue weighted by atomic mass is 35.5. The lowest BCUT2D eigenvalue weighted by Crippen LogP contribution is -2.32. The maximum Gasteiger partial charge on any atom is 0.327 e. The smallest absolute Gasteiger partial charge is 0.327 e. The summed E-state index contributed by atoms with van der Waals surface area (Å²) in [4.78, 5) is 33.1. The molecule has 2 aromatic rings. The van der Waals surface area contributed by atoms with Crippen LogP contribution in [0.3, 0.4) is 0 Å². The van der Waals surface area contributed by atoms with Gasteiger partial charge in [0.2, 0.25) is 0 Å². The van der Waals surface area contributed by atoms with Crippen LogP contribution < -0.4 is 0 Å². The van der Waals surface area contributed by atoms with Crippen LogP contribution in [0, 0.1) is 0 Å². The molecule has 0 aliphatic heterocycles. The standard InChI is InChI=1S/C17H19ClN2O4/c1-5-23-15(21)14(16(22)24-17(2,3)4)11-7-6-10-9-19-13(18)8-12(10)20-11/h6-9,14H,5H2,1-4H3. The van der Waals surface area contributed by atoms with Gasteiger partial charge in [0, 0.05) is 17.6 Å². The van der Waals surface area contributed by atoms with Crippen LogP contribution in [0.25, 0.3) is 10.9 Å². The minimum atomic E-state index is -1.25. The molecule has 0 aliphatic carbocycles. The number of rotatable bonds is 4. The van der Waals surface area contributed by atoms with Gasteiger partial charge in [-0.15, -0.1) is 0 Å². The topological polar surface area (TPSA) is 78.4 Å². The quantitative estimate of drug-likeness (QED) is 0.478. The summed E-state index contributed by atoms with van der Waals surface area (Å²) in [5.41, 5.74) is 0.0501. The fourth-order valence-electron chi connectivity index (χ4n) is 2.09. The molecule has 0 aliphatic rings. The normalized spacial score (nSPS) is 12.7. The molecule has 1 atom stereocenters. The summed E-state index contributed by atoms with van der Waals surface area (Å²) in [5, 5.41) is 1.02. The van der Waals surface area contributed by atoms with Gasteiger partial charge in [-0.25, -0.2) is 4.98 Å². The molecule has 2 rings (SSSR count). The van der Waals surface area contributed by atoms with Gasteiger partial charge in [-0.2, -0.15) is 0 Å². The van der Waals surface area contributed by atoms with Crippen LogP contribution in [0.1, 0.15) is 39.3 Å². The van der Waals surface area contributed by atoms with Crippen molar-refractivity contribution in [2.45, 2.75) is 39.2 Å². The molecule has 0 aromatic carbocycles. The molecule has 2 heterocycles. The van der Waals surface area contributed by atoms with Crippen LogP contribution in [-0.2, 0) is 19.1 Å². The Kier molecular flexibility index (Phi) is 5.39. The number of esters is 2. The molecule has 0 radical (unpaired) electrons. The first-order valence-corrected chi connectivity index (χ1v) is 7.91. The molecule has 128 valence electrons. The van der Waals surface area contributed by atoms with Crippen LogP contribution in [0.2, 0.25) is 5.15 Å². The van der Waals surface area contributed by atoms with Crippen LogP contribution in [0.5, 0.6) is 0 Å². The van der Waals surface area contributed by atoms with Crippen molar-refractivity contribution in [3.63, 3.8) is 0 Å². The molecule has 0 spiro atoms. The number of pyridine rings is 2. The highest BCUT2D eigenvalue weighted by Crippen LogP contribution is 2.24. The van der Waals surface area contributed by atoms with Gasteiger partial charge in [0.25, 0.3) is 0 Å². The molecule has 0 amide bonds. The molecular formula is C17H19ClN2O4. The first kappa shape index (κ1) is 18.1. The largest absolute Gasteiger partial charge is 0.465 e. The van der Waals surface area contributed by atoms with E-state index in [0.29, 0.717) is 5.52 Å². The van der Waals surface area contributed by atoms with E-state index in [-0.39, 0.29) is 17.5 Å². The number of carbonyl (C=O) groups excluding carboxylic acids is 2. The van der Waals surface area contributed by atoms with E-state index in [1.165, 1.54) is 0 Å². The summed E-state index contributed by atoms with van der Waals surface area (Å²) in [6.07, 6.45) is 1.57. The summed E-state index contributed by atoms with van der Waals surface area (Å²) in [6, 6.07) is 4.87. The average molecular weight is 351 g/mol. The number of halogens is 1. The van der Waals surface area contributed by atoms with E-state index in [0.717, 1.165) is 5.39 Å². The Bertz CT molecular complexity index is 771. The molecule has 6 nitrogen and oxygen atoms in total. The van der Waals surface area contributed by atoms with Crippen molar-refractivity contribution < 1.29 is 19.1 Å². The van der Waals surface area contributed by atoms with Gasteiger partial charge in [0.15, 0.2) is 5.92 Å². The van der Waals surface area contributed by atoms with Gasteiger partial charge in [-0.1, -0.05) is 11.6 Å². The van der Waals surface area contributed by atoms with Crippen molar-refractivity contribution in [2.24, 2.45) is 0 Å². The van der Waals surface area contributed by atoms with Crippen LogP contribution in [-0.4, -0.2) is 34.1 Å². The molecule has 0 bridgehead atoms. The molecule has 0 N–H and O–H groups in total. The maximum absolute atomic E-state index is 12.5. The fraction of sp³-hybridized carbons (Fsp3) is 0.412. The van der Waals surface area contributed by atoms with E-state index in [1.807, 2.05) is 0 Å². The Morgan fingerprint density at radius 3 is 2.58 bits per heavy atom. The lowest BCUT2D eigenvalue weighted by Gasteiger charge is -2.23. The number of carbonyl (C=O) groups is 2. The summed E-state index contributed by atoms with van der Waals surface area (Å²) < 4.78 is 10.4. The Morgan fingerprint density at radius 1 is 1.25 bits per heavy atom. The first-order chi connectivity index (χ1) is 11.2. The van der Waals surface area contributed by atoms with Gasteiger partial charge in [0.05, 0.1) is 17.8 Å². The second-order valence-electron chi connectivity index (χ2n) is 6.15. The number of hydrogen-bond acceptors (Lipinski definition) is 6. The third kappa shape index (κ3) is 4.41. The maximum atomic E-state index is 12.5. The lowest BCUT2D eigenvalue weighted by atomic mass is 10.0. The van der Waals surface area contributed by atoms with Crippen molar-refractivity contribution in [2.75, 3.05) is 6.61 Å². The van der Waals surface area contributed by atoms with Crippen molar-refractivity contribution in [3.8, 4) is 0 Å². The first-order valence-electron chi connectivity index (χ1n) is 7.53. The predicted molar refractivity (Wildman–Crippen MR) is 89.8 cm³/mol. The highest BCUT2D eigenvalue weighted by Gasteiger charge is 2.35. The summed E-state index contributed by atoms with van der Waals surface area (Å²) in [5.74, 6) is -2.65. The van der Waals surface area contributed by atoms with E-state index >= 15 is 0 Å². The Morgan fingerprint density at radius 2 is 1.96 bits per heavy atom. The van der Waals surface area contributed by atoms with E-state index in [1.54, 1.807) is 52.1 Å². The van der Waals surface area contributed by atoms with E-state index in [4.69, 9.17) is 21.1 Å². The number of aromatic nitrogens is 2. The Balaban J connectivity index is 2.46. The molecular weight excluding hydrogens is 332 g/mol. The average Bonchev–Trinajstić information content (AvgIpc) is 2.45. The molecule has 0 fully saturated rings. The van der Waals surface area contributed by atoms with Crippen LogP contribution in [0.15, 0.2) is 24.4 Å². The van der Waals surface area contributed by atoms with Crippen LogP contribution in [0.4, 0.5) is 0 Å². The third-order valence-corrected chi connectivity index (χ3v) is 3.23. The van der Waals surface area contributed by atoms with E-state index in [2.05, 4.69) is 9.97 Å². The number of ether oxygens (including phenoxy) is 2. The minimum Gasteiger partial charge on any atom is -0.465 e. The summed E-state index contributed by atoms with van der Waals surface area (Å²) in [6.45, 7) is 7.01. The second kappa shape index (κ2) is 7.13. The molecule has 2 aromatic heterocycles. The zero-order valence-electron chi connectivity index (χ0n) is 14.0. The molecule has 0 saturated carbocycles. The van der Waals surface area contributed by atoms with Gasteiger partial charge in [0.1, 0.15) is 10.8 Å². The van der Waals surface area contributed by atoms with Gasteiger partial charge in [-0.3, -0.25) is 14.6 Å². The SMILES string of the molecule is CCOC(=O)C(C(=O)OC(C)(C)C)c1ccc2cnc(Cl)cc2n1. The van der Waals surface area contributed by atoms with Crippen molar-refractivity contribution in [3.05, 3.63) is 35.2 Å². The monoisotopic (exact) mass is 350 g/mol. The Labute approximate surface area is 145 Å². The number of fused-ring (bicyclic) bond motifs is 1. The van der Waals surface area contributed by atoms with Gasteiger partial charge in [-0.05, 0) is 39.8 Å². The van der Waals surface area contributed by atoms with E-state index in [9.17, 15) is 9.59 Å². The predicted octanol–water partition coefficient (Wildman–Crippen LogP) is 3.27. The van der Waals surface area contributed by atoms with Crippen molar-refractivity contribution in [1.82, 2.24) is 9.97 Å². The molecule has 24 heavy (non-hydrogen) atoms. The zero-order chi connectivity index (χ0) is 17.9. The Hall–Kier alpha value is -2.21. The summed E-state index contributed by atoms with van der Waals surface area (Å²) in [7, 11) is 0. The van der Waals surface area contributed by atoms with Gasteiger partial charge < -0.3 is 9.47 Å².